The van der Waals surface area contributed by atoms with Gasteiger partial charge in [0.25, 0.3) is 0 Å². The predicted molar refractivity (Wildman–Crippen MR) is 81.3 cm³/mol. The van der Waals surface area contributed by atoms with E-state index in [9.17, 15) is 8.42 Å². The van der Waals surface area contributed by atoms with Gasteiger partial charge in [-0.25, -0.2) is 8.42 Å². The van der Waals surface area contributed by atoms with Gasteiger partial charge in [0, 0.05) is 29.5 Å². The number of aliphatic hydroxyl groups excluding tert-OH is 2. The summed E-state index contributed by atoms with van der Waals surface area (Å²) in [6.45, 7) is -0.762. The Kier molecular flexibility index (Phi) is 4.79. The number of hydrogen-bond donors (Lipinski definition) is 3. The summed E-state index contributed by atoms with van der Waals surface area (Å²) in [5.74, 6) is 0. The SMILES string of the molecule is Nc1ccc(S(=O)(=O)N(CCO)CCO)c2ccccc12. The Morgan fingerprint density at radius 3 is 2.10 bits per heavy atom. The maximum absolute atomic E-state index is 12.7. The van der Waals surface area contributed by atoms with Crippen molar-refractivity contribution >= 4 is 26.5 Å². The third-order valence-electron chi connectivity index (χ3n) is 3.23. The van der Waals surface area contributed by atoms with Gasteiger partial charge >= 0.3 is 0 Å². The highest BCUT2D eigenvalue weighted by molar-refractivity contribution is 7.89. The van der Waals surface area contributed by atoms with Gasteiger partial charge in [0.2, 0.25) is 10.0 Å². The molecule has 0 aliphatic rings. The van der Waals surface area contributed by atoms with Crippen molar-refractivity contribution in [3.63, 3.8) is 0 Å². The maximum atomic E-state index is 12.7. The van der Waals surface area contributed by atoms with Gasteiger partial charge in [-0.2, -0.15) is 4.31 Å². The van der Waals surface area contributed by atoms with Gasteiger partial charge < -0.3 is 15.9 Å². The van der Waals surface area contributed by atoms with E-state index in [-0.39, 0.29) is 31.2 Å². The largest absolute Gasteiger partial charge is 0.398 e. The van der Waals surface area contributed by atoms with Crippen LogP contribution in [0.4, 0.5) is 5.69 Å². The van der Waals surface area contributed by atoms with Gasteiger partial charge in [-0.1, -0.05) is 24.3 Å². The molecule has 0 radical (unpaired) electrons. The smallest absolute Gasteiger partial charge is 0.243 e. The topological polar surface area (TPSA) is 104 Å². The second kappa shape index (κ2) is 6.40. The van der Waals surface area contributed by atoms with Gasteiger partial charge in [0.1, 0.15) is 0 Å². The molecule has 2 aromatic carbocycles. The van der Waals surface area contributed by atoms with Crippen LogP contribution in [0.5, 0.6) is 0 Å². The van der Waals surface area contributed by atoms with Crippen molar-refractivity contribution in [2.75, 3.05) is 32.0 Å². The summed E-state index contributed by atoms with van der Waals surface area (Å²) < 4.78 is 26.5. The average Bonchev–Trinajstić information content (AvgIpc) is 2.47. The lowest BCUT2D eigenvalue weighted by Crippen LogP contribution is -2.36. The zero-order chi connectivity index (χ0) is 15.5. The summed E-state index contributed by atoms with van der Waals surface area (Å²) in [6.07, 6.45) is 0. The first-order valence-corrected chi connectivity index (χ1v) is 7.95. The van der Waals surface area contributed by atoms with Crippen molar-refractivity contribution in [2.45, 2.75) is 4.90 Å². The number of nitrogens with two attached hydrogens (primary N) is 1. The summed E-state index contributed by atoms with van der Waals surface area (Å²) in [7, 11) is -3.81. The molecule has 114 valence electrons. The van der Waals surface area contributed by atoms with Crippen LogP contribution in [-0.2, 0) is 10.0 Å². The van der Waals surface area contributed by atoms with E-state index in [4.69, 9.17) is 15.9 Å². The van der Waals surface area contributed by atoms with Gasteiger partial charge in [0.15, 0.2) is 0 Å². The lowest BCUT2D eigenvalue weighted by Gasteiger charge is -2.21. The van der Waals surface area contributed by atoms with Crippen molar-refractivity contribution in [3.05, 3.63) is 36.4 Å². The van der Waals surface area contributed by atoms with Crippen LogP contribution in [0, 0.1) is 0 Å². The highest BCUT2D eigenvalue weighted by Crippen LogP contribution is 2.29. The number of sulfonamides is 1. The molecule has 2 rings (SSSR count). The normalized spacial score (nSPS) is 12.1. The quantitative estimate of drug-likeness (QED) is 0.670. The van der Waals surface area contributed by atoms with Gasteiger partial charge in [-0.3, -0.25) is 0 Å². The van der Waals surface area contributed by atoms with Crippen LogP contribution >= 0.6 is 0 Å². The number of aliphatic hydroxyl groups is 2. The number of anilines is 1. The summed E-state index contributed by atoms with van der Waals surface area (Å²) in [5, 5.41) is 19.2. The first kappa shape index (κ1) is 15.7. The zero-order valence-electron chi connectivity index (χ0n) is 11.4. The summed E-state index contributed by atoms with van der Waals surface area (Å²) in [5.41, 5.74) is 6.37. The molecule has 0 aliphatic carbocycles. The van der Waals surface area contributed by atoms with E-state index < -0.39 is 10.0 Å². The first-order chi connectivity index (χ1) is 10.0. The molecule has 21 heavy (non-hydrogen) atoms. The molecule has 0 spiro atoms. The van der Waals surface area contributed by atoms with Crippen LogP contribution in [0.3, 0.4) is 0 Å². The predicted octanol–water partition coefficient (Wildman–Crippen LogP) is 0.397. The molecular weight excluding hydrogens is 292 g/mol. The fourth-order valence-electron chi connectivity index (χ4n) is 2.23. The van der Waals surface area contributed by atoms with Crippen LogP contribution < -0.4 is 5.73 Å². The molecular formula is C14H18N2O4S. The lowest BCUT2D eigenvalue weighted by molar-refractivity contribution is 0.217. The monoisotopic (exact) mass is 310 g/mol. The van der Waals surface area contributed by atoms with Crippen LogP contribution in [0.15, 0.2) is 41.3 Å². The van der Waals surface area contributed by atoms with Crippen molar-refractivity contribution in [3.8, 4) is 0 Å². The van der Waals surface area contributed by atoms with E-state index in [2.05, 4.69) is 0 Å². The molecule has 0 aromatic heterocycles. The van der Waals surface area contributed by atoms with E-state index in [1.54, 1.807) is 30.3 Å². The van der Waals surface area contributed by atoms with Crippen molar-refractivity contribution < 1.29 is 18.6 Å². The Morgan fingerprint density at radius 2 is 1.52 bits per heavy atom. The Hall–Kier alpha value is -1.67. The molecule has 0 bridgehead atoms. The van der Waals surface area contributed by atoms with Crippen molar-refractivity contribution in [1.82, 2.24) is 4.31 Å². The number of benzene rings is 2. The molecule has 0 aliphatic heterocycles. The molecule has 0 saturated heterocycles. The number of hydrogen-bond acceptors (Lipinski definition) is 5. The molecule has 4 N–H and O–H groups in total. The van der Waals surface area contributed by atoms with E-state index in [0.717, 1.165) is 4.31 Å². The van der Waals surface area contributed by atoms with Crippen LogP contribution in [0.1, 0.15) is 0 Å². The minimum Gasteiger partial charge on any atom is -0.398 e. The molecule has 0 fully saturated rings. The number of rotatable bonds is 6. The Morgan fingerprint density at radius 1 is 0.952 bits per heavy atom. The van der Waals surface area contributed by atoms with Crippen molar-refractivity contribution in [1.29, 1.82) is 0 Å². The zero-order valence-corrected chi connectivity index (χ0v) is 12.3. The summed E-state index contributed by atoms with van der Waals surface area (Å²) >= 11 is 0. The molecule has 2 aromatic rings. The van der Waals surface area contributed by atoms with Gasteiger partial charge in [-0.15, -0.1) is 0 Å². The number of nitrogens with zero attached hydrogens (tertiary/aromatic N) is 1. The maximum Gasteiger partial charge on any atom is 0.243 e. The average molecular weight is 310 g/mol. The molecule has 0 atom stereocenters. The van der Waals surface area contributed by atoms with E-state index in [0.29, 0.717) is 16.5 Å². The molecule has 0 heterocycles. The fourth-order valence-corrected chi connectivity index (χ4v) is 3.85. The van der Waals surface area contributed by atoms with E-state index in [1.807, 2.05) is 0 Å². The number of fused-ring (bicyclic) bond motifs is 1. The molecule has 0 saturated carbocycles. The second-order valence-electron chi connectivity index (χ2n) is 4.55. The molecule has 0 unspecified atom stereocenters. The second-order valence-corrected chi connectivity index (χ2v) is 6.46. The van der Waals surface area contributed by atoms with E-state index in [1.165, 1.54) is 6.07 Å². The minimum atomic E-state index is -3.81. The van der Waals surface area contributed by atoms with Crippen LogP contribution in [0.25, 0.3) is 10.8 Å². The Balaban J connectivity index is 2.62. The number of nitrogen functional groups attached to an aromatic ring is 1. The highest BCUT2D eigenvalue weighted by atomic mass is 32.2. The summed E-state index contributed by atoms with van der Waals surface area (Å²) in [6, 6.07) is 9.97. The lowest BCUT2D eigenvalue weighted by atomic mass is 10.1. The van der Waals surface area contributed by atoms with Crippen LogP contribution in [0.2, 0.25) is 0 Å². The first-order valence-electron chi connectivity index (χ1n) is 6.51. The Bertz CT molecular complexity index is 725. The molecule has 6 nitrogen and oxygen atoms in total. The van der Waals surface area contributed by atoms with Gasteiger partial charge in [-0.05, 0) is 12.1 Å². The third-order valence-corrected chi connectivity index (χ3v) is 5.19. The fraction of sp³-hybridized carbons (Fsp3) is 0.286. The standard InChI is InChI=1S/C14H18N2O4S/c15-13-5-6-14(12-4-2-1-3-11(12)13)21(19,20)16(7-9-17)8-10-18/h1-6,17-18H,7-10,15H2. The summed E-state index contributed by atoms with van der Waals surface area (Å²) in [4.78, 5) is 0.120. The van der Waals surface area contributed by atoms with E-state index >= 15 is 0 Å². The van der Waals surface area contributed by atoms with Crippen LogP contribution in [-0.4, -0.2) is 49.2 Å². The van der Waals surface area contributed by atoms with Gasteiger partial charge in [0.05, 0.1) is 18.1 Å². The van der Waals surface area contributed by atoms with Crippen molar-refractivity contribution in [2.24, 2.45) is 0 Å². The highest BCUT2D eigenvalue weighted by Gasteiger charge is 2.25. The Labute approximate surface area is 123 Å². The minimum absolute atomic E-state index is 0.0679. The molecule has 0 amide bonds. The third kappa shape index (κ3) is 3.01. The molecule has 7 heteroatoms.